The third-order valence-electron chi connectivity index (χ3n) is 4.22. The summed E-state index contributed by atoms with van der Waals surface area (Å²) in [6.07, 6.45) is -2.71. The molecule has 2 fully saturated rings. The van der Waals surface area contributed by atoms with Crippen LogP contribution >= 0.6 is 0 Å². The molecule has 0 bridgehead atoms. The largest absolute Gasteiger partial charge is 0.388 e. The zero-order valence-corrected chi connectivity index (χ0v) is 16.3. The molecule has 0 radical (unpaired) electrons. The SMILES string of the molecule is CCCOCC(O)C(O)C(OCC1CO1)C(COCCOC)OCC1CO1. The average Bonchev–Trinajstić information content (AvgIpc) is 3.56. The molecule has 2 saturated heterocycles. The topological polar surface area (TPSA) is 112 Å². The van der Waals surface area contributed by atoms with Crippen LogP contribution in [0.1, 0.15) is 13.3 Å². The molecule has 9 heteroatoms. The number of aliphatic hydroxyl groups excluding tert-OH is 2. The predicted octanol–water partition coefficient (Wildman–Crippen LogP) is -0.634. The molecule has 0 aromatic heterocycles. The Balaban J connectivity index is 1.92. The quantitative estimate of drug-likeness (QED) is 0.232. The van der Waals surface area contributed by atoms with E-state index in [-0.39, 0.29) is 25.4 Å². The van der Waals surface area contributed by atoms with Crippen molar-refractivity contribution < 1.29 is 43.4 Å². The van der Waals surface area contributed by atoms with E-state index in [9.17, 15) is 10.2 Å². The monoisotopic (exact) mass is 394 g/mol. The van der Waals surface area contributed by atoms with Crippen molar-refractivity contribution in [3.05, 3.63) is 0 Å². The van der Waals surface area contributed by atoms with Gasteiger partial charge in [0.1, 0.15) is 36.6 Å². The van der Waals surface area contributed by atoms with Gasteiger partial charge in [-0.25, -0.2) is 0 Å². The normalized spacial score (nSPS) is 25.8. The highest BCUT2D eigenvalue weighted by molar-refractivity contribution is 4.85. The van der Waals surface area contributed by atoms with E-state index >= 15 is 0 Å². The molecule has 2 aliphatic rings. The highest BCUT2D eigenvalue weighted by atomic mass is 16.6. The van der Waals surface area contributed by atoms with E-state index in [2.05, 4.69) is 0 Å². The van der Waals surface area contributed by atoms with Crippen LogP contribution in [0.15, 0.2) is 0 Å². The number of rotatable bonds is 18. The zero-order valence-electron chi connectivity index (χ0n) is 16.3. The molecule has 0 spiro atoms. The number of hydrogen-bond donors (Lipinski definition) is 2. The van der Waals surface area contributed by atoms with Crippen LogP contribution in [0.25, 0.3) is 0 Å². The summed E-state index contributed by atoms with van der Waals surface area (Å²) in [4.78, 5) is 0. The van der Waals surface area contributed by atoms with E-state index in [0.717, 1.165) is 6.42 Å². The molecule has 6 unspecified atom stereocenters. The maximum Gasteiger partial charge on any atom is 0.114 e. The Labute approximate surface area is 160 Å². The second kappa shape index (κ2) is 13.0. The van der Waals surface area contributed by atoms with Crippen molar-refractivity contribution in [3.8, 4) is 0 Å². The van der Waals surface area contributed by atoms with Crippen molar-refractivity contribution in [2.24, 2.45) is 0 Å². The fraction of sp³-hybridized carbons (Fsp3) is 1.00. The van der Waals surface area contributed by atoms with Gasteiger partial charge < -0.3 is 43.4 Å². The smallest absolute Gasteiger partial charge is 0.114 e. The van der Waals surface area contributed by atoms with Gasteiger partial charge in [-0.05, 0) is 6.42 Å². The van der Waals surface area contributed by atoms with E-state index in [1.807, 2.05) is 6.92 Å². The van der Waals surface area contributed by atoms with Gasteiger partial charge in [-0.2, -0.15) is 0 Å². The Kier molecular flexibility index (Phi) is 11.0. The average molecular weight is 394 g/mol. The summed E-state index contributed by atoms with van der Waals surface area (Å²) >= 11 is 0. The minimum Gasteiger partial charge on any atom is -0.388 e. The van der Waals surface area contributed by atoms with E-state index < -0.39 is 24.4 Å². The molecule has 0 aromatic carbocycles. The van der Waals surface area contributed by atoms with Gasteiger partial charge in [0.15, 0.2) is 0 Å². The van der Waals surface area contributed by atoms with Crippen LogP contribution in [0.5, 0.6) is 0 Å². The molecule has 0 aliphatic carbocycles. The van der Waals surface area contributed by atoms with Crippen LogP contribution in [-0.2, 0) is 33.2 Å². The third-order valence-corrected chi connectivity index (χ3v) is 4.22. The van der Waals surface area contributed by atoms with Crippen molar-refractivity contribution in [2.45, 2.75) is 50.0 Å². The van der Waals surface area contributed by atoms with Gasteiger partial charge in [0.05, 0.1) is 52.9 Å². The molecule has 2 rings (SSSR count). The number of ether oxygens (including phenoxy) is 7. The molecule has 27 heavy (non-hydrogen) atoms. The lowest BCUT2D eigenvalue weighted by molar-refractivity contribution is -0.174. The first kappa shape index (κ1) is 22.9. The maximum absolute atomic E-state index is 10.7. The molecule has 6 atom stereocenters. The van der Waals surface area contributed by atoms with Gasteiger partial charge in [-0.15, -0.1) is 0 Å². The zero-order chi connectivity index (χ0) is 19.5. The highest BCUT2D eigenvalue weighted by Crippen LogP contribution is 2.19. The summed E-state index contributed by atoms with van der Waals surface area (Å²) in [5.74, 6) is 0. The second-order valence-corrected chi connectivity index (χ2v) is 6.78. The van der Waals surface area contributed by atoms with E-state index in [1.165, 1.54) is 0 Å². The Bertz CT molecular complexity index is 376. The van der Waals surface area contributed by atoms with Gasteiger partial charge in [0.2, 0.25) is 0 Å². The lowest BCUT2D eigenvalue weighted by Gasteiger charge is -2.33. The van der Waals surface area contributed by atoms with Crippen LogP contribution < -0.4 is 0 Å². The summed E-state index contributed by atoms with van der Waals surface area (Å²) < 4.78 is 38.0. The summed E-state index contributed by atoms with van der Waals surface area (Å²) in [7, 11) is 1.60. The second-order valence-electron chi connectivity index (χ2n) is 6.78. The van der Waals surface area contributed by atoms with Crippen LogP contribution in [-0.4, -0.2) is 113 Å². The maximum atomic E-state index is 10.7. The van der Waals surface area contributed by atoms with Gasteiger partial charge in [0.25, 0.3) is 0 Å². The molecule has 2 N–H and O–H groups in total. The first-order valence-corrected chi connectivity index (χ1v) is 9.62. The van der Waals surface area contributed by atoms with Crippen molar-refractivity contribution >= 4 is 0 Å². The molecular weight excluding hydrogens is 360 g/mol. The third kappa shape index (κ3) is 9.60. The number of methoxy groups -OCH3 is 1. The van der Waals surface area contributed by atoms with Crippen molar-refractivity contribution in [1.29, 1.82) is 0 Å². The first-order chi connectivity index (χ1) is 13.2. The minimum absolute atomic E-state index is 0.0232. The highest BCUT2D eigenvalue weighted by Gasteiger charge is 2.38. The van der Waals surface area contributed by atoms with Gasteiger partial charge >= 0.3 is 0 Å². The standard InChI is InChI=1S/C18H34O9/c1-3-4-22-11-15(19)17(20)18(27-10-14-8-25-14)16(12-23-6-5-21-2)26-9-13-7-24-13/h13-20H,3-12H2,1-2H3. The Hall–Kier alpha value is -0.360. The lowest BCUT2D eigenvalue weighted by Crippen LogP contribution is -2.51. The summed E-state index contributed by atoms with van der Waals surface area (Å²) in [5, 5.41) is 21.0. The van der Waals surface area contributed by atoms with Crippen molar-refractivity contribution in [2.75, 3.05) is 66.6 Å². The van der Waals surface area contributed by atoms with Crippen molar-refractivity contribution in [3.63, 3.8) is 0 Å². The van der Waals surface area contributed by atoms with Crippen LogP contribution in [0.3, 0.4) is 0 Å². The van der Waals surface area contributed by atoms with Gasteiger partial charge in [0, 0.05) is 13.7 Å². The summed E-state index contributed by atoms with van der Waals surface area (Å²) in [6.45, 7) is 5.57. The van der Waals surface area contributed by atoms with Crippen LogP contribution in [0.2, 0.25) is 0 Å². The molecule has 0 amide bonds. The molecule has 2 heterocycles. The van der Waals surface area contributed by atoms with E-state index in [0.29, 0.717) is 46.2 Å². The number of epoxide rings is 2. The molecular formula is C18H34O9. The Morgan fingerprint density at radius 3 is 2.15 bits per heavy atom. The summed E-state index contributed by atoms with van der Waals surface area (Å²) in [5.41, 5.74) is 0. The van der Waals surface area contributed by atoms with Crippen molar-refractivity contribution in [1.82, 2.24) is 0 Å². The summed E-state index contributed by atoms with van der Waals surface area (Å²) in [6, 6.07) is 0. The predicted molar refractivity (Wildman–Crippen MR) is 94.8 cm³/mol. The first-order valence-electron chi connectivity index (χ1n) is 9.62. The Morgan fingerprint density at radius 2 is 1.56 bits per heavy atom. The number of aliphatic hydroxyl groups is 2. The van der Waals surface area contributed by atoms with Gasteiger partial charge in [-0.1, -0.05) is 6.92 Å². The molecule has 9 nitrogen and oxygen atoms in total. The molecule has 2 aliphatic heterocycles. The van der Waals surface area contributed by atoms with Crippen LogP contribution in [0.4, 0.5) is 0 Å². The van der Waals surface area contributed by atoms with Crippen LogP contribution in [0, 0.1) is 0 Å². The fourth-order valence-electron chi connectivity index (χ4n) is 2.45. The van der Waals surface area contributed by atoms with E-state index in [1.54, 1.807) is 7.11 Å². The number of hydrogen-bond acceptors (Lipinski definition) is 9. The van der Waals surface area contributed by atoms with E-state index in [4.69, 9.17) is 33.2 Å². The fourth-order valence-corrected chi connectivity index (χ4v) is 2.45. The molecule has 160 valence electrons. The molecule has 0 saturated carbocycles. The van der Waals surface area contributed by atoms with Gasteiger partial charge in [-0.3, -0.25) is 0 Å². The molecule has 0 aromatic rings. The Morgan fingerprint density at radius 1 is 0.926 bits per heavy atom. The minimum atomic E-state index is -1.18. The lowest BCUT2D eigenvalue weighted by atomic mass is 10.0.